The fourth-order valence-corrected chi connectivity index (χ4v) is 3.43. The molecule has 0 saturated carbocycles. The number of tetrazole rings is 1. The molecule has 0 spiro atoms. The summed E-state index contributed by atoms with van der Waals surface area (Å²) in [6.07, 6.45) is 0. The van der Waals surface area contributed by atoms with E-state index in [1.54, 1.807) is 22.9 Å². The van der Waals surface area contributed by atoms with Crippen molar-refractivity contribution in [3.8, 4) is 17.2 Å². The lowest BCUT2D eigenvalue weighted by atomic mass is 10.1. The molecule has 0 amide bonds. The maximum Gasteiger partial charge on any atom is 0.231 e. The molecule has 2 heterocycles. The fraction of sp³-hybridized carbons (Fsp3) is 0.222. The third-order valence-corrected chi connectivity index (χ3v) is 4.98. The van der Waals surface area contributed by atoms with E-state index in [2.05, 4.69) is 15.5 Å². The van der Waals surface area contributed by atoms with Gasteiger partial charge in [-0.15, -0.1) is 5.10 Å². The van der Waals surface area contributed by atoms with Gasteiger partial charge in [-0.3, -0.25) is 4.79 Å². The number of nitrogens with zero attached hydrogens (tertiary/aromatic N) is 4. The van der Waals surface area contributed by atoms with Gasteiger partial charge in [0, 0.05) is 5.56 Å². The van der Waals surface area contributed by atoms with Gasteiger partial charge in [0.2, 0.25) is 11.9 Å². The van der Waals surface area contributed by atoms with Crippen LogP contribution in [0.15, 0.2) is 41.6 Å². The molecular weight excluding hydrogens is 352 g/mol. The minimum Gasteiger partial charge on any atom is -0.454 e. The predicted octanol–water partition coefficient (Wildman–Crippen LogP) is 2.98. The first-order valence-corrected chi connectivity index (χ1v) is 9.02. The molecule has 7 nitrogen and oxygen atoms in total. The molecule has 2 aromatic carbocycles. The summed E-state index contributed by atoms with van der Waals surface area (Å²) in [5, 5.41) is 12.5. The third kappa shape index (κ3) is 3.15. The number of rotatable bonds is 5. The van der Waals surface area contributed by atoms with Crippen LogP contribution in [0, 0.1) is 13.8 Å². The van der Waals surface area contributed by atoms with Crippen LogP contribution in [0.1, 0.15) is 21.5 Å². The average Bonchev–Trinajstić information content (AvgIpc) is 3.29. The molecule has 0 radical (unpaired) electrons. The lowest BCUT2D eigenvalue weighted by Crippen LogP contribution is -2.06. The summed E-state index contributed by atoms with van der Waals surface area (Å²) < 4.78 is 12.3. The lowest BCUT2D eigenvalue weighted by Gasteiger charge is -2.08. The van der Waals surface area contributed by atoms with Crippen LogP contribution in [-0.2, 0) is 0 Å². The molecule has 0 bridgehead atoms. The van der Waals surface area contributed by atoms with Crippen LogP contribution < -0.4 is 9.47 Å². The summed E-state index contributed by atoms with van der Waals surface area (Å²) in [4.78, 5) is 12.5. The number of hydrogen-bond donors (Lipinski definition) is 0. The molecule has 132 valence electrons. The molecule has 3 aromatic rings. The van der Waals surface area contributed by atoms with E-state index in [0.717, 1.165) is 16.8 Å². The number of carbonyl (C=O) groups excluding carboxylic acids is 1. The van der Waals surface area contributed by atoms with Gasteiger partial charge in [0.15, 0.2) is 17.3 Å². The van der Waals surface area contributed by atoms with Crippen molar-refractivity contribution in [1.82, 2.24) is 20.2 Å². The SMILES string of the molecule is Cc1ccc(C)c(-n2nnnc2SCC(=O)c2ccc3c(c2)OCO3)c1. The Bertz CT molecular complexity index is 986. The Hall–Kier alpha value is -2.87. The molecule has 1 aliphatic heterocycles. The number of benzene rings is 2. The molecule has 0 unspecified atom stereocenters. The number of Topliss-reactive ketones (excluding diaryl/α,β-unsaturated/α-hetero) is 1. The van der Waals surface area contributed by atoms with Crippen LogP contribution in [0.2, 0.25) is 0 Å². The summed E-state index contributed by atoms with van der Waals surface area (Å²) in [6, 6.07) is 11.3. The minimum atomic E-state index is -0.0242. The smallest absolute Gasteiger partial charge is 0.231 e. The number of carbonyl (C=O) groups is 1. The number of ketones is 1. The Morgan fingerprint density at radius 3 is 2.88 bits per heavy atom. The first-order valence-electron chi connectivity index (χ1n) is 8.03. The number of hydrogen-bond acceptors (Lipinski definition) is 7. The summed E-state index contributed by atoms with van der Waals surface area (Å²) in [7, 11) is 0. The van der Waals surface area contributed by atoms with Gasteiger partial charge in [-0.05, 0) is 59.7 Å². The lowest BCUT2D eigenvalue weighted by molar-refractivity contribution is 0.102. The Balaban J connectivity index is 1.51. The normalized spacial score (nSPS) is 12.4. The quantitative estimate of drug-likeness (QED) is 0.506. The van der Waals surface area contributed by atoms with E-state index in [0.29, 0.717) is 22.2 Å². The molecule has 26 heavy (non-hydrogen) atoms. The van der Waals surface area contributed by atoms with Crippen molar-refractivity contribution in [3.05, 3.63) is 53.1 Å². The van der Waals surface area contributed by atoms with Crippen molar-refractivity contribution in [2.24, 2.45) is 0 Å². The summed E-state index contributed by atoms with van der Waals surface area (Å²) in [5.74, 6) is 1.46. The van der Waals surface area contributed by atoms with Crippen molar-refractivity contribution < 1.29 is 14.3 Å². The standard InChI is InChI=1S/C18H16N4O3S/c1-11-3-4-12(2)14(7-11)22-18(19-20-21-22)26-9-15(23)13-5-6-16-17(8-13)25-10-24-16/h3-8H,9-10H2,1-2H3. The van der Waals surface area contributed by atoms with Crippen LogP contribution in [-0.4, -0.2) is 38.5 Å². The highest BCUT2D eigenvalue weighted by Gasteiger charge is 2.18. The third-order valence-electron chi connectivity index (χ3n) is 4.06. The van der Waals surface area contributed by atoms with Gasteiger partial charge < -0.3 is 9.47 Å². The topological polar surface area (TPSA) is 79.1 Å². The molecule has 0 aliphatic carbocycles. The molecule has 0 atom stereocenters. The van der Waals surface area contributed by atoms with Gasteiger partial charge in [0.25, 0.3) is 0 Å². The minimum absolute atomic E-state index is 0.0242. The Kier molecular flexibility index (Phi) is 4.34. The number of thioether (sulfide) groups is 1. The second-order valence-electron chi connectivity index (χ2n) is 5.94. The number of fused-ring (bicyclic) bond motifs is 1. The number of aryl methyl sites for hydroxylation is 2. The van der Waals surface area contributed by atoms with Crippen LogP contribution in [0.25, 0.3) is 5.69 Å². The zero-order valence-electron chi connectivity index (χ0n) is 14.3. The fourth-order valence-electron chi connectivity index (χ4n) is 2.65. The zero-order chi connectivity index (χ0) is 18.1. The van der Waals surface area contributed by atoms with Crippen LogP contribution in [0.3, 0.4) is 0 Å². The van der Waals surface area contributed by atoms with E-state index < -0.39 is 0 Å². The summed E-state index contributed by atoms with van der Waals surface area (Å²) in [6.45, 7) is 4.21. The number of ether oxygens (including phenoxy) is 2. The zero-order valence-corrected chi connectivity index (χ0v) is 15.1. The molecule has 0 saturated heterocycles. The summed E-state index contributed by atoms with van der Waals surface area (Å²) in [5.41, 5.74) is 3.67. The van der Waals surface area contributed by atoms with Crippen LogP contribution >= 0.6 is 11.8 Å². The highest BCUT2D eigenvalue weighted by molar-refractivity contribution is 7.99. The Morgan fingerprint density at radius 1 is 1.15 bits per heavy atom. The van der Waals surface area contributed by atoms with Gasteiger partial charge in [-0.25, -0.2) is 0 Å². The van der Waals surface area contributed by atoms with Crippen LogP contribution in [0.4, 0.5) is 0 Å². The monoisotopic (exact) mass is 368 g/mol. The Morgan fingerprint density at radius 2 is 2.00 bits per heavy atom. The van der Waals surface area contributed by atoms with E-state index in [1.807, 2.05) is 32.0 Å². The molecule has 1 aromatic heterocycles. The van der Waals surface area contributed by atoms with Crippen molar-refractivity contribution in [2.75, 3.05) is 12.5 Å². The van der Waals surface area contributed by atoms with E-state index in [-0.39, 0.29) is 18.3 Å². The molecular formula is C18H16N4O3S. The van der Waals surface area contributed by atoms with Crippen LogP contribution in [0.5, 0.6) is 11.5 Å². The van der Waals surface area contributed by atoms with Crippen molar-refractivity contribution in [1.29, 1.82) is 0 Å². The van der Waals surface area contributed by atoms with E-state index in [9.17, 15) is 4.79 Å². The molecule has 4 rings (SSSR count). The largest absolute Gasteiger partial charge is 0.454 e. The van der Waals surface area contributed by atoms with E-state index in [1.165, 1.54) is 11.8 Å². The first-order chi connectivity index (χ1) is 12.6. The van der Waals surface area contributed by atoms with E-state index >= 15 is 0 Å². The maximum absolute atomic E-state index is 12.5. The van der Waals surface area contributed by atoms with Crippen molar-refractivity contribution in [3.63, 3.8) is 0 Å². The highest BCUT2D eigenvalue weighted by Crippen LogP contribution is 2.33. The Labute approximate surface area is 154 Å². The molecule has 0 fully saturated rings. The molecule has 0 N–H and O–H groups in total. The van der Waals surface area contributed by atoms with Crippen molar-refractivity contribution in [2.45, 2.75) is 19.0 Å². The maximum atomic E-state index is 12.5. The second kappa shape index (κ2) is 6.80. The van der Waals surface area contributed by atoms with Gasteiger partial charge in [0.1, 0.15) is 0 Å². The van der Waals surface area contributed by atoms with Gasteiger partial charge in [-0.2, -0.15) is 4.68 Å². The second-order valence-corrected chi connectivity index (χ2v) is 6.89. The average molecular weight is 368 g/mol. The van der Waals surface area contributed by atoms with E-state index in [4.69, 9.17) is 9.47 Å². The molecule has 1 aliphatic rings. The first kappa shape index (κ1) is 16.6. The van der Waals surface area contributed by atoms with Gasteiger partial charge >= 0.3 is 0 Å². The van der Waals surface area contributed by atoms with Gasteiger partial charge in [-0.1, -0.05) is 23.9 Å². The highest BCUT2D eigenvalue weighted by atomic mass is 32.2. The van der Waals surface area contributed by atoms with Crippen molar-refractivity contribution >= 4 is 17.5 Å². The van der Waals surface area contributed by atoms with Gasteiger partial charge in [0.05, 0.1) is 11.4 Å². The summed E-state index contributed by atoms with van der Waals surface area (Å²) >= 11 is 1.30. The predicted molar refractivity (Wildman–Crippen MR) is 96.2 cm³/mol. The molecule has 8 heteroatoms. The number of aromatic nitrogens is 4.